The van der Waals surface area contributed by atoms with Crippen molar-refractivity contribution in [2.24, 2.45) is 11.3 Å². The van der Waals surface area contributed by atoms with Crippen LogP contribution in [0.4, 0.5) is 0 Å². The summed E-state index contributed by atoms with van der Waals surface area (Å²) in [6.07, 6.45) is 3.74. The Bertz CT molecular complexity index is 135. The van der Waals surface area contributed by atoms with E-state index in [9.17, 15) is 0 Å². The SMILES string of the molecule is OCC12CCCNCC1C2. The molecule has 0 aromatic heterocycles. The average molecular weight is 141 g/mol. The molecule has 58 valence electrons. The highest BCUT2D eigenvalue weighted by molar-refractivity contribution is 5.03. The zero-order valence-corrected chi connectivity index (χ0v) is 6.27. The molecule has 2 nitrogen and oxygen atoms in total. The van der Waals surface area contributed by atoms with Crippen molar-refractivity contribution in [3.8, 4) is 0 Å². The van der Waals surface area contributed by atoms with Crippen LogP contribution in [0.3, 0.4) is 0 Å². The summed E-state index contributed by atoms with van der Waals surface area (Å²) in [4.78, 5) is 0. The van der Waals surface area contributed by atoms with Gasteiger partial charge in [0.1, 0.15) is 0 Å². The summed E-state index contributed by atoms with van der Waals surface area (Å²) in [5, 5.41) is 12.5. The summed E-state index contributed by atoms with van der Waals surface area (Å²) in [5.41, 5.74) is 0.365. The molecule has 1 heterocycles. The van der Waals surface area contributed by atoms with Crippen LogP contribution in [0, 0.1) is 11.3 Å². The van der Waals surface area contributed by atoms with Gasteiger partial charge in [-0.2, -0.15) is 0 Å². The quantitative estimate of drug-likeness (QED) is 0.553. The lowest BCUT2D eigenvalue weighted by molar-refractivity contribution is 0.192. The van der Waals surface area contributed by atoms with Gasteiger partial charge in [-0.05, 0) is 43.7 Å². The highest BCUT2D eigenvalue weighted by Crippen LogP contribution is 2.55. The van der Waals surface area contributed by atoms with Crippen molar-refractivity contribution in [3.05, 3.63) is 0 Å². The smallest absolute Gasteiger partial charge is 0.0490 e. The first-order chi connectivity index (χ1) is 4.87. The van der Waals surface area contributed by atoms with Crippen LogP contribution in [0.1, 0.15) is 19.3 Å². The minimum atomic E-state index is 0.365. The molecule has 10 heavy (non-hydrogen) atoms. The molecule has 0 aromatic rings. The van der Waals surface area contributed by atoms with Crippen molar-refractivity contribution in [2.45, 2.75) is 19.3 Å². The van der Waals surface area contributed by atoms with Crippen LogP contribution in [-0.2, 0) is 0 Å². The first-order valence-electron chi connectivity index (χ1n) is 4.19. The van der Waals surface area contributed by atoms with Crippen molar-refractivity contribution in [3.63, 3.8) is 0 Å². The zero-order chi connectivity index (χ0) is 7.03. The summed E-state index contributed by atoms with van der Waals surface area (Å²) in [5.74, 6) is 0.792. The first kappa shape index (κ1) is 6.62. The van der Waals surface area contributed by atoms with Crippen LogP contribution in [-0.4, -0.2) is 24.8 Å². The Balaban J connectivity index is 1.99. The Hall–Kier alpha value is -0.0800. The standard InChI is InChI=1S/C8H15NO/c10-6-8-2-1-3-9-5-7(8)4-8/h7,9-10H,1-6H2. The van der Waals surface area contributed by atoms with Crippen LogP contribution in [0.2, 0.25) is 0 Å². The lowest BCUT2D eigenvalue weighted by atomic mass is 9.99. The molecule has 0 aromatic carbocycles. The van der Waals surface area contributed by atoms with Crippen LogP contribution in [0.15, 0.2) is 0 Å². The molecule has 0 bridgehead atoms. The fourth-order valence-electron chi connectivity index (χ4n) is 2.14. The van der Waals surface area contributed by atoms with Gasteiger partial charge in [-0.15, -0.1) is 0 Å². The molecule has 1 saturated carbocycles. The predicted molar refractivity (Wildman–Crippen MR) is 39.7 cm³/mol. The van der Waals surface area contributed by atoms with Crippen LogP contribution < -0.4 is 5.32 Å². The number of nitrogens with one attached hydrogen (secondary N) is 1. The summed E-state index contributed by atoms with van der Waals surface area (Å²) in [6, 6.07) is 0. The molecular formula is C8H15NO. The molecule has 2 N–H and O–H groups in total. The lowest BCUT2D eigenvalue weighted by Crippen LogP contribution is -2.16. The van der Waals surface area contributed by atoms with Gasteiger partial charge in [-0.3, -0.25) is 0 Å². The van der Waals surface area contributed by atoms with Gasteiger partial charge in [0, 0.05) is 6.61 Å². The van der Waals surface area contributed by atoms with Crippen LogP contribution in [0.25, 0.3) is 0 Å². The number of hydrogen-bond acceptors (Lipinski definition) is 2. The normalized spacial score (nSPS) is 45.9. The molecule has 0 spiro atoms. The molecule has 0 amide bonds. The minimum absolute atomic E-state index is 0.365. The second kappa shape index (κ2) is 2.21. The van der Waals surface area contributed by atoms with Crippen molar-refractivity contribution >= 4 is 0 Å². The van der Waals surface area contributed by atoms with Gasteiger partial charge in [0.2, 0.25) is 0 Å². The lowest BCUT2D eigenvalue weighted by Gasteiger charge is -2.09. The number of aliphatic hydroxyl groups is 1. The largest absolute Gasteiger partial charge is 0.396 e. The zero-order valence-electron chi connectivity index (χ0n) is 6.27. The van der Waals surface area contributed by atoms with Gasteiger partial charge in [0.05, 0.1) is 0 Å². The molecular weight excluding hydrogens is 126 g/mol. The third-order valence-electron chi connectivity index (χ3n) is 3.09. The highest BCUT2D eigenvalue weighted by atomic mass is 16.3. The van der Waals surface area contributed by atoms with Crippen molar-refractivity contribution in [1.29, 1.82) is 0 Å². The fourth-order valence-corrected chi connectivity index (χ4v) is 2.14. The van der Waals surface area contributed by atoms with Gasteiger partial charge in [0.15, 0.2) is 0 Å². The second-order valence-electron chi connectivity index (χ2n) is 3.73. The fraction of sp³-hybridized carbons (Fsp3) is 1.00. The van der Waals surface area contributed by atoms with Crippen molar-refractivity contribution in [1.82, 2.24) is 5.32 Å². The topological polar surface area (TPSA) is 32.3 Å². The molecule has 1 saturated heterocycles. The van der Waals surface area contributed by atoms with E-state index in [-0.39, 0.29) is 0 Å². The molecule has 2 fully saturated rings. The molecule has 2 rings (SSSR count). The molecule has 1 aliphatic carbocycles. The van der Waals surface area contributed by atoms with Crippen molar-refractivity contribution in [2.75, 3.05) is 19.7 Å². The summed E-state index contributed by atoms with van der Waals surface area (Å²) in [6.45, 7) is 2.71. The molecule has 0 radical (unpaired) electrons. The molecule has 2 atom stereocenters. The molecule has 2 aliphatic rings. The number of aliphatic hydroxyl groups excluding tert-OH is 1. The monoisotopic (exact) mass is 141 g/mol. The summed E-state index contributed by atoms with van der Waals surface area (Å²) >= 11 is 0. The first-order valence-corrected chi connectivity index (χ1v) is 4.19. The minimum Gasteiger partial charge on any atom is -0.396 e. The maximum atomic E-state index is 9.09. The van der Waals surface area contributed by atoms with E-state index in [1.54, 1.807) is 0 Å². The molecule has 2 unspecified atom stereocenters. The van der Waals surface area contributed by atoms with E-state index in [2.05, 4.69) is 5.32 Å². The maximum absolute atomic E-state index is 9.09. The van der Waals surface area contributed by atoms with E-state index in [0.29, 0.717) is 12.0 Å². The Morgan fingerprint density at radius 1 is 1.60 bits per heavy atom. The molecule has 2 heteroatoms. The van der Waals surface area contributed by atoms with Gasteiger partial charge in [-0.1, -0.05) is 0 Å². The van der Waals surface area contributed by atoms with E-state index in [1.807, 2.05) is 0 Å². The molecule has 1 aliphatic heterocycles. The second-order valence-corrected chi connectivity index (χ2v) is 3.73. The highest BCUT2D eigenvalue weighted by Gasteiger charge is 2.53. The number of rotatable bonds is 1. The van der Waals surface area contributed by atoms with E-state index in [1.165, 1.54) is 19.3 Å². The third kappa shape index (κ3) is 0.867. The Morgan fingerprint density at radius 2 is 2.50 bits per heavy atom. The van der Waals surface area contributed by atoms with Crippen LogP contribution in [0.5, 0.6) is 0 Å². The maximum Gasteiger partial charge on any atom is 0.0490 e. The van der Waals surface area contributed by atoms with Crippen LogP contribution >= 0.6 is 0 Å². The van der Waals surface area contributed by atoms with E-state index in [0.717, 1.165) is 19.0 Å². The van der Waals surface area contributed by atoms with Gasteiger partial charge in [0.25, 0.3) is 0 Å². The van der Waals surface area contributed by atoms with E-state index in [4.69, 9.17) is 5.11 Å². The van der Waals surface area contributed by atoms with Gasteiger partial charge in [-0.25, -0.2) is 0 Å². The Kier molecular flexibility index (Phi) is 1.46. The predicted octanol–water partition coefficient (Wildman–Crippen LogP) is 0.368. The summed E-state index contributed by atoms with van der Waals surface area (Å²) in [7, 11) is 0. The average Bonchev–Trinajstić information content (AvgIpc) is 2.59. The van der Waals surface area contributed by atoms with Gasteiger partial charge < -0.3 is 10.4 Å². The number of hydrogen-bond donors (Lipinski definition) is 2. The van der Waals surface area contributed by atoms with Crippen molar-refractivity contribution < 1.29 is 5.11 Å². The van der Waals surface area contributed by atoms with E-state index < -0.39 is 0 Å². The van der Waals surface area contributed by atoms with E-state index >= 15 is 0 Å². The third-order valence-corrected chi connectivity index (χ3v) is 3.09. The Labute approximate surface area is 61.6 Å². The van der Waals surface area contributed by atoms with Gasteiger partial charge >= 0.3 is 0 Å². The Morgan fingerprint density at radius 3 is 3.30 bits per heavy atom. The summed E-state index contributed by atoms with van der Waals surface area (Å²) < 4.78 is 0. The number of fused-ring (bicyclic) bond motifs is 1.